The molecule has 0 aliphatic carbocycles. The Hall–Kier alpha value is 1.33. The Balaban J connectivity index is -0.000000438. The summed E-state index contributed by atoms with van der Waals surface area (Å²) in [6.07, 6.45) is 40.1. The van der Waals surface area contributed by atoms with Gasteiger partial charge >= 0.3 is 45.6 Å². The van der Waals surface area contributed by atoms with E-state index in [1.165, 1.54) is 173 Å². The van der Waals surface area contributed by atoms with Gasteiger partial charge in [-0.1, -0.05) is 180 Å². The van der Waals surface area contributed by atoms with Crippen LogP contribution in [0.25, 0.3) is 0 Å². The van der Waals surface area contributed by atoms with Crippen LogP contribution in [0.15, 0.2) is 0 Å². The monoisotopic (exact) mass is 578 g/mol. The van der Waals surface area contributed by atoms with E-state index in [4.69, 9.17) is 24.4 Å². The van der Waals surface area contributed by atoms with Gasteiger partial charge in [-0.2, -0.15) is 0 Å². The van der Waals surface area contributed by atoms with E-state index in [-0.39, 0.29) is 40.6 Å². The summed E-state index contributed by atoms with van der Waals surface area (Å²) in [5.41, 5.74) is 0. The first-order valence-electron chi connectivity index (χ1n) is 15.8. The number of phosphoric acid groups is 1. The summed E-state index contributed by atoms with van der Waals surface area (Å²) in [5.74, 6) is 0. The summed E-state index contributed by atoms with van der Waals surface area (Å²) in [7, 11) is -4.64. The van der Waals surface area contributed by atoms with Crippen LogP contribution in [0.3, 0.4) is 0 Å². The van der Waals surface area contributed by atoms with Gasteiger partial charge in [0.05, 0.1) is 0 Å². The third kappa shape index (κ3) is 54.2. The van der Waals surface area contributed by atoms with Crippen LogP contribution in [-0.2, 0) is 4.57 Å². The summed E-state index contributed by atoms with van der Waals surface area (Å²) in [6, 6.07) is 0. The van der Waals surface area contributed by atoms with Crippen molar-refractivity contribution in [3.63, 3.8) is 0 Å². The van der Waals surface area contributed by atoms with Gasteiger partial charge in [-0.15, -0.1) is 0 Å². The molecule has 224 valence electrons. The molecule has 0 heterocycles. The van der Waals surface area contributed by atoms with Crippen molar-refractivity contribution < 1.29 is 27.2 Å². The molecular weight excluding hydrogens is 511 g/mol. The molecule has 7 heteroatoms. The Bertz CT molecular complexity index is 409. The van der Waals surface area contributed by atoms with Crippen LogP contribution >= 0.6 is 7.82 Å². The molecule has 0 aromatic rings. The second-order valence-corrected chi connectivity index (χ2v) is 11.8. The van der Waals surface area contributed by atoms with E-state index >= 15 is 0 Å². The zero-order valence-electron chi connectivity index (χ0n) is 26.9. The number of hydrogen-bond donors (Lipinski definition) is 4. The molecule has 5 nitrogen and oxygen atoms in total. The first-order valence-corrected chi connectivity index (χ1v) is 17.4. The van der Waals surface area contributed by atoms with Crippen LogP contribution in [0.2, 0.25) is 0 Å². The smallest absolute Gasteiger partial charge is 1.00 e. The van der Waals surface area contributed by atoms with Crippen molar-refractivity contribution >= 4 is 45.6 Å². The van der Waals surface area contributed by atoms with Crippen molar-refractivity contribution in [3.8, 4) is 0 Å². The Morgan fingerprint density at radius 1 is 0.405 bits per heavy atom. The summed E-state index contributed by atoms with van der Waals surface area (Å²) in [4.78, 5) is 21.6. The molecule has 0 radical (unpaired) electrons. The molecule has 0 bridgehead atoms. The maximum absolute atomic E-state index is 8.88. The van der Waals surface area contributed by atoms with Crippen molar-refractivity contribution in [2.45, 2.75) is 187 Å². The molecule has 37 heavy (non-hydrogen) atoms. The number of aliphatic hydroxyl groups is 1. The van der Waals surface area contributed by atoms with Crippen LogP contribution < -0.4 is 0 Å². The van der Waals surface area contributed by atoms with Crippen molar-refractivity contribution in [1.29, 1.82) is 0 Å². The zero-order chi connectivity index (χ0) is 27.0. The van der Waals surface area contributed by atoms with Gasteiger partial charge in [-0.25, -0.2) is 4.57 Å². The van der Waals surface area contributed by atoms with Crippen molar-refractivity contribution in [2.75, 3.05) is 6.61 Å². The van der Waals surface area contributed by atoms with Gasteiger partial charge < -0.3 is 22.6 Å². The molecule has 0 aliphatic heterocycles. The Kier molecular flexibility index (Phi) is 43.2. The number of aliphatic hydroxyl groups excluding tert-OH is 1. The maximum Gasteiger partial charge on any atom is 2.00 e. The van der Waals surface area contributed by atoms with Crippen LogP contribution in [0.5, 0.6) is 0 Å². The molecule has 0 aromatic carbocycles. The molecular formula is C30H67CaO5P. The fourth-order valence-corrected chi connectivity index (χ4v) is 4.78. The van der Waals surface area contributed by atoms with Crippen molar-refractivity contribution in [2.24, 2.45) is 0 Å². The molecule has 0 fully saturated rings. The predicted octanol–water partition coefficient (Wildman–Crippen LogP) is 9.84. The number of unbranched alkanes of at least 4 members (excludes halogenated alkanes) is 27. The largest absolute Gasteiger partial charge is 2.00 e. The fraction of sp³-hybridized carbons (Fsp3) is 1.00. The van der Waals surface area contributed by atoms with Crippen LogP contribution in [0, 0.1) is 0 Å². The minimum Gasteiger partial charge on any atom is -1.00 e. The molecule has 0 rings (SSSR count). The minimum atomic E-state index is -4.64. The Morgan fingerprint density at radius 2 is 0.541 bits per heavy atom. The average molecular weight is 579 g/mol. The van der Waals surface area contributed by atoms with Gasteiger partial charge in [0, 0.05) is 6.61 Å². The summed E-state index contributed by atoms with van der Waals surface area (Å²) >= 11 is 0. The van der Waals surface area contributed by atoms with E-state index in [9.17, 15) is 0 Å². The van der Waals surface area contributed by atoms with E-state index in [2.05, 4.69) is 6.92 Å². The second-order valence-electron chi connectivity index (χ2n) is 10.8. The van der Waals surface area contributed by atoms with E-state index in [1.807, 2.05) is 0 Å². The zero-order valence-corrected chi connectivity index (χ0v) is 28.0. The van der Waals surface area contributed by atoms with E-state index < -0.39 is 7.82 Å². The van der Waals surface area contributed by atoms with Crippen LogP contribution in [0.4, 0.5) is 0 Å². The number of rotatable bonds is 28. The standard InChI is InChI=1S/C30H62O.Ca.H3O4P.2H/c1-2-3-4-5-6-7-8-9-10-11-12-13-14-15-16-17-18-19-20-21-22-23-24-25-26-27-28-29-30-31;;1-5(2,3)4;;/h31H,2-30H2,1H3;;(H3,1,2,3,4);;/q;+2;;2*-1. The molecule has 0 saturated heterocycles. The first-order chi connectivity index (χ1) is 17.4. The molecule has 4 N–H and O–H groups in total. The van der Waals surface area contributed by atoms with Crippen LogP contribution in [-0.4, -0.2) is 64.1 Å². The van der Waals surface area contributed by atoms with Crippen molar-refractivity contribution in [3.05, 3.63) is 0 Å². The molecule has 0 aliphatic rings. The third-order valence-corrected chi connectivity index (χ3v) is 7.01. The predicted molar refractivity (Wildman–Crippen MR) is 164 cm³/mol. The molecule has 0 atom stereocenters. The molecule has 0 amide bonds. The maximum atomic E-state index is 8.88. The van der Waals surface area contributed by atoms with Crippen LogP contribution in [0.1, 0.15) is 190 Å². The minimum absolute atomic E-state index is 0. The van der Waals surface area contributed by atoms with E-state index in [0.29, 0.717) is 6.61 Å². The first kappa shape index (κ1) is 42.8. The van der Waals surface area contributed by atoms with Gasteiger partial charge in [-0.3, -0.25) is 0 Å². The molecule has 0 unspecified atom stereocenters. The van der Waals surface area contributed by atoms with E-state index in [1.54, 1.807) is 0 Å². The second kappa shape index (κ2) is 37.3. The summed E-state index contributed by atoms with van der Waals surface area (Å²) in [5, 5.41) is 8.76. The Labute approximate surface area is 264 Å². The SMILES string of the molecule is CCCCCCCCCCCCCCCCCCCCCCCCCCCCCCO.O=P(O)(O)O.[Ca+2].[H-].[H-]. The normalized spacial score (nSPS) is 11.2. The third-order valence-electron chi connectivity index (χ3n) is 7.01. The number of hydrogen-bond acceptors (Lipinski definition) is 2. The van der Waals surface area contributed by atoms with Gasteiger partial charge in [0.2, 0.25) is 0 Å². The molecule has 0 saturated carbocycles. The van der Waals surface area contributed by atoms with Gasteiger partial charge in [0.15, 0.2) is 0 Å². The fourth-order valence-electron chi connectivity index (χ4n) is 4.78. The quantitative estimate of drug-likeness (QED) is 0.0421. The molecule has 0 aromatic heterocycles. The van der Waals surface area contributed by atoms with E-state index in [0.717, 1.165) is 6.42 Å². The van der Waals surface area contributed by atoms with Gasteiger partial charge in [-0.05, 0) is 6.42 Å². The van der Waals surface area contributed by atoms with Gasteiger partial charge in [0.1, 0.15) is 0 Å². The Morgan fingerprint density at radius 3 is 0.676 bits per heavy atom. The summed E-state index contributed by atoms with van der Waals surface area (Å²) < 4.78 is 8.88. The summed E-state index contributed by atoms with van der Waals surface area (Å²) in [6.45, 7) is 2.68. The van der Waals surface area contributed by atoms with Crippen molar-refractivity contribution in [1.82, 2.24) is 0 Å². The van der Waals surface area contributed by atoms with Gasteiger partial charge in [0.25, 0.3) is 0 Å². The average Bonchev–Trinajstić information content (AvgIpc) is 2.82. The molecule has 0 spiro atoms. The topological polar surface area (TPSA) is 98.0 Å².